The van der Waals surface area contributed by atoms with Crippen molar-refractivity contribution in [3.8, 4) is 11.5 Å². The van der Waals surface area contributed by atoms with Crippen LogP contribution in [0.3, 0.4) is 0 Å². The molecule has 0 aromatic heterocycles. The van der Waals surface area contributed by atoms with Crippen molar-refractivity contribution in [2.24, 2.45) is 0 Å². The highest BCUT2D eigenvalue weighted by atomic mass is 16.7. The molecule has 1 amide bonds. The molecule has 3 rings (SSSR count). The van der Waals surface area contributed by atoms with Crippen LogP contribution in [0.5, 0.6) is 11.5 Å². The summed E-state index contributed by atoms with van der Waals surface area (Å²) in [6.45, 7) is 1.10. The van der Waals surface area contributed by atoms with E-state index in [-0.39, 0.29) is 5.91 Å². The average Bonchev–Trinajstić information content (AvgIpc) is 2.79. The lowest BCUT2D eigenvalue weighted by atomic mass is 9.90. The van der Waals surface area contributed by atoms with Gasteiger partial charge in [-0.15, -0.1) is 0 Å². The number of rotatable bonds is 1. The van der Waals surface area contributed by atoms with Gasteiger partial charge in [0, 0.05) is 25.9 Å². The quantitative estimate of drug-likeness (QED) is 0.741. The molecule has 2 aliphatic heterocycles. The summed E-state index contributed by atoms with van der Waals surface area (Å²) in [6, 6.07) is 6.06. The maximum Gasteiger partial charge on any atom is 0.231 e. The zero-order chi connectivity index (χ0) is 11.8. The van der Waals surface area contributed by atoms with Crippen LogP contribution in [-0.4, -0.2) is 31.2 Å². The Labute approximate surface area is 100 Å². The molecule has 4 nitrogen and oxygen atoms in total. The molecule has 0 spiro atoms. The minimum Gasteiger partial charge on any atom is -0.454 e. The van der Waals surface area contributed by atoms with Gasteiger partial charge in [-0.2, -0.15) is 0 Å². The fourth-order valence-electron chi connectivity index (χ4n) is 2.45. The summed E-state index contributed by atoms with van der Waals surface area (Å²) in [4.78, 5) is 13.2. The van der Waals surface area contributed by atoms with E-state index in [1.54, 1.807) is 4.90 Å². The van der Waals surface area contributed by atoms with Crippen molar-refractivity contribution in [3.05, 3.63) is 23.8 Å². The van der Waals surface area contributed by atoms with Gasteiger partial charge in [0.15, 0.2) is 11.5 Å². The smallest absolute Gasteiger partial charge is 0.231 e. The van der Waals surface area contributed by atoms with E-state index in [1.807, 2.05) is 19.2 Å². The Morgan fingerprint density at radius 1 is 1.29 bits per heavy atom. The van der Waals surface area contributed by atoms with Gasteiger partial charge in [-0.05, 0) is 24.1 Å². The highest BCUT2D eigenvalue weighted by molar-refractivity contribution is 5.77. The minimum absolute atomic E-state index is 0.238. The summed E-state index contributed by atoms with van der Waals surface area (Å²) in [5.41, 5.74) is 1.23. The number of carbonyl (C=O) groups is 1. The molecular weight excluding hydrogens is 218 g/mol. The molecule has 0 bridgehead atoms. The van der Waals surface area contributed by atoms with Gasteiger partial charge in [0.25, 0.3) is 0 Å². The van der Waals surface area contributed by atoms with Gasteiger partial charge in [-0.1, -0.05) is 6.07 Å². The Balaban J connectivity index is 1.82. The Morgan fingerprint density at radius 3 is 2.94 bits per heavy atom. The first-order chi connectivity index (χ1) is 8.24. The second-order valence-electron chi connectivity index (χ2n) is 4.62. The predicted molar refractivity (Wildman–Crippen MR) is 62.2 cm³/mol. The molecule has 0 radical (unpaired) electrons. The zero-order valence-electron chi connectivity index (χ0n) is 9.81. The summed E-state index contributed by atoms with van der Waals surface area (Å²) < 4.78 is 10.7. The first kappa shape index (κ1) is 10.4. The third-order valence-corrected chi connectivity index (χ3v) is 3.49. The highest BCUT2D eigenvalue weighted by Crippen LogP contribution is 2.36. The molecule has 2 heterocycles. The average molecular weight is 233 g/mol. The van der Waals surface area contributed by atoms with E-state index in [2.05, 4.69) is 6.07 Å². The van der Waals surface area contributed by atoms with Crippen molar-refractivity contribution in [1.82, 2.24) is 4.90 Å². The maximum absolute atomic E-state index is 11.4. The Kier molecular flexibility index (Phi) is 2.42. The van der Waals surface area contributed by atoms with E-state index in [1.165, 1.54) is 5.56 Å². The van der Waals surface area contributed by atoms with Crippen LogP contribution >= 0.6 is 0 Å². The summed E-state index contributed by atoms with van der Waals surface area (Å²) in [5, 5.41) is 0. The highest BCUT2D eigenvalue weighted by Gasteiger charge is 2.25. The van der Waals surface area contributed by atoms with Gasteiger partial charge in [0.2, 0.25) is 12.7 Å². The minimum atomic E-state index is 0.238. The van der Waals surface area contributed by atoms with Crippen molar-refractivity contribution in [2.75, 3.05) is 20.4 Å². The number of carbonyl (C=O) groups excluding carboxylic acids is 1. The molecule has 1 atom stereocenters. The van der Waals surface area contributed by atoms with Crippen LogP contribution in [0.15, 0.2) is 18.2 Å². The monoisotopic (exact) mass is 233 g/mol. The Hall–Kier alpha value is -1.71. The van der Waals surface area contributed by atoms with Gasteiger partial charge in [0.05, 0.1) is 0 Å². The fraction of sp³-hybridized carbons (Fsp3) is 0.462. The number of likely N-dealkylation sites (N-methyl/N-ethyl adjacent to an activating group) is 1. The van der Waals surface area contributed by atoms with Crippen molar-refractivity contribution in [1.29, 1.82) is 0 Å². The molecule has 1 aromatic carbocycles. The molecule has 2 aliphatic rings. The van der Waals surface area contributed by atoms with Gasteiger partial charge in [-0.3, -0.25) is 4.79 Å². The second-order valence-corrected chi connectivity index (χ2v) is 4.62. The Bertz CT molecular complexity index is 458. The van der Waals surface area contributed by atoms with E-state index in [0.29, 0.717) is 19.1 Å². The number of piperidine rings is 1. The molecule has 1 fully saturated rings. The van der Waals surface area contributed by atoms with Crippen LogP contribution in [0.1, 0.15) is 24.3 Å². The summed E-state index contributed by atoms with van der Waals surface area (Å²) in [6.07, 6.45) is 1.55. The molecule has 17 heavy (non-hydrogen) atoms. The molecular formula is C13H15NO3. The molecule has 1 unspecified atom stereocenters. The van der Waals surface area contributed by atoms with E-state index < -0.39 is 0 Å². The number of hydrogen-bond acceptors (Lipinski definition) is 3. The third kappa shape index (κ3) is 1.84. The maximum atomic E-state index is 11.4. The second kappa shape index (κ2) is 3.95. The van der Waals surface area contributed by atoms with E-state index >= 15 is 0 Å². The van der Waals surface area contributed by atoms with E-state index in [4.69, 9.17) is 9.47 Å². The molecule has 0 aliphatic carbocycles. The number of ether oxygens (including phenoxy) is 2. The van der Waals surface area contributed by atoms with Crippen LogP contribution in [-0.2, 0) is 4.79 Å². The number of benzene rings is 1. The number of hydrogen-bond donors (Lipinski definition) is 0. The number of nitrogens with zero attached hydrogens (tertiary/aromatic N) is 1. The summed E-state index contributed by atoms with van der Waals surface area (Å²) in [7, 11) is 1.86. The molecule has 90 valence electrons. The lowest BCUT2D eigenvalue weighted by molar-refractivity contribution is -0.132. The lowest BCUT2D eigenvalue weighted by Gasteiger charge is -2.29. The van der Waals surface area contributed by atoms with Gasteiger partial charge in [0.1, 0.15) is 0 Å². The van der Waals surface area contributed by atoms with Gasteiger partial charge < -0.3 is 14.4 Å². The fourth-order valence-corrected chi connectivity index (χ4v) is 2.45. The Morgan fingerprint density at radius 2 is 2.12 bits per heavy atom. The topological polar surface area (TPSA) is 38.8 Å². The van der Waals surface area contributed by atoms with Crippen LogP contribution in [0.2, 0.25) is 0 Å². The van der Waals surface area contributed by atoms with E-state index in [0.717, 1.165) is 24.5 Å². The summed E-state index contributed by atoms with van der Waals surface area (Å²) >= 11 is 0. The number of amides is 1. The van der Waals surface area contributed by atoms with Crippen molar-refractivity contribution >= 4 is 5.91 Å². The van der Waals surface area contributed by atoms with Crippen LogP contribution < -0.4 is 9.47 Å². The molecule has 1 saturated heterocycles. The lowest BCUT2D eigenvalue weighted by Crippen LogP contribution is -2.35. The number of fused-ring (bicyclic) bond motifs is 1. The zero-order valence-corrected chi connectivity index (χ0v) is 9.81. The standard InChI is InChI=1S/C13H15NO3/c1-14-7-10(3-5-13(14)15)9-2-4-11-12(6-9)17-8-16-11/h2,4,6,10H,3,5,7-8H2,1H3. The first-order valence-electron chi connectivity index (χ1n) is 5.87. The van der Waals surface area contributed by atoms with Gasteiger partial charge in [-0.25, -0.2) is 0 Å². The van der Waals surface area contributed by atoms with Crippen LogP contribution in [0.4, 0.5) is 0 Å². The largest absolute Gasteiger partial charge is 0.454 e. The van der Waals surface area contributed by atoms with E-state index in [9.17, 15) is 4.79 Å². The predicted octanol–water partition coefficient (Wildman–Crippen LogP) is 1.75. The first-order valence-corrected chi connectivity index (χ1v) is 5.87. The van der Waals surface area contributed by atoms with Gasteiger partial charge >= 0.3 is 0 Å². The number of likely N-dealkylation sites (tertiary alicyclic amines) is 1. The normalized spacial score (nSPS) is 23.0. The molecule has 4 heteroatoms. The van der Waals surface area contributed by atoms with Crippen molar-refractivity contribution in [2.45, 2.75) is 18.8 Å². The third-order valence-electron chi connectivity index (χ3n) is 3.49. The van der Waals surface area contributed by atoms with Crippen LogP contribution in [0.25, 0.3) is 0 Å². The molecule has 1 aromatic rings. The molecule has 0 saturated carbocycles. The SMILES string of the molecule is CN1CC(c2ccc3c(c2)OCO3)CCC1=O. The molecule has 0 N–H and O–H groups in total. The van der Waals surface area contributed by atoms with Crippen molar-refractivity contribution < 1.29 is 14.3 Å². The summed E-state index contributed by atoms with van der Waals surface area (Å²) in [5.74, 6) is 2.28. The van der Waals surface area contributed by atoms with Crippen molar-refractivity contribution in [3.63, 3.8) is 0 Å². The van der Waals surface area contributed by atoms with Crippen LogP contribution in [0, 0.1) is 0 Å².